The number of imide groups is 1. The molecule has 2 amide bonds. The van der Waals surface area contributed by atoms with E-state index in [9.17, 15) is 19.7 Å². The van der Waals surface area contributed by atoms with Gasteiger partial charge in [0.25, 0.3) is 17.5 Å². The number of benzene rings is 1. The molecule has 9 heteroatoms. The van der Waals surface area contributed by atoms with E-state index in [4.69, 9.17) is 10.00 Å². The molecule has 2 aliphatic rings. The van der Waals surface area contributed by atoms with E-state index in [1.165, 1.54) is 19.1 Å². The van der Waals surface area contributed by atoms with Gasteiger partial charge in [0.1, 0.15) is 17.3 Å². The van der Waals surface area contributed by atoms with Crippen molar-refractivity contribution in [1.29, 1.82) is 5.26 Å². The number of morpholine rings is 1. The van der Waals surface area contributed by atoms with Gasteiger partial charge in [-0.2, -0.15) is 5.26 Å². The quantitative estimate of drug-likeness (QED) is 0.369. The number of nitrogens with one attached hydrogen (secondary N) is 1. The smallest absolute Gasteiger partial charge is 0.293 e. The zero-order valence-corrected chi connectivity index (χ0v) is 14.5. The number of hydrogen-bond acceptors (Lipinski definition) is 7. The summed E-state index contributed by atoms with van der Waals surface area (Å²) in [6.45, 7) is 3.60. The largest absolute Gasteiger partial charge is 0.378 e. The van der Waals surface area contributed by atoms with Gasteiger partial charge in [0.05, 0.1) is 18.1 Å². The Hall–Kier alpha value is -3.51. The molecule has 2 aliphatic heterocycles. The molecule has 1 saturated heterocycles. The summed E-state index contributed by atoms with van der Waals surface area (Å²) in [6.07, 6.45) is 1.44. The van der Waals surface area contributed by atoms with Crippen LogP contribution in [0.4, 0.5) is 11.4 Å². The minimum atomic E-state index is -0.745. The zero-order valence-electron chi connectivity index (χ0n) is 14.5. The highest BCUT2D eigenvalue weighted by atomic mass is 16.6. The summed E-state index contributed by atoms with van der Waals surface area (Å²) in [6, 6.07) is 6.44. The molecule has 1 N–H and O–H groups in total. The molecule has 1 fully saturated rings. The molecule has 0 spiro atoms. The van der Waals surface area contributed by atoms with Crippen LogP contribution < -0.4 is 10.2 Å². The van der Waals surface area contributed by atoms with E-state index in [0.717, 1.165) is 0 Å². The van der Waals surface area contributed by atoms with Crippen LogP contribution in [0.5, 0.6) is 0 Å². The summed E-state index contributed by atoms with van der Waals surface area (Å²) in [5.41, 5.74) is 1.04. The molecular formula is C18H16N4O5. The van der Waals surface area contributed by atoms with E-state index < -0.39 is 16.7 Å². The maximum Gasteiger partial charge on any atom is 0.293 e. The van der Waals surface area contributed by atoms with E-state index >= 15 is 0 Å². The lowest BCUT2D eigenvalue weighted by molar-refractivity contribution is -0.384. The maximum atomic E-state index is 12.1. The highest BCUT2D eigenvalue weighted by Gasteiger charge is 2.28. The van der Waals surface area contributed by atoms with Gasteiger partial charge in [-0.25, -0.2) is 0 Å². The second kappa shape index (κ2) is 7.39. The number of hydrogen-bond donors (Lipinski definition) is 1. The highest BCUT2D eigenvalue weighted by molar-refractivity contribution is 6.19. The van der Waals surface area contributed by atoms with Crippen molar-refractivity contribution in [3.63, 3.8) is 0 Å². The van der Waals surface area contributed by atoms with E-state index in [1.54, 1.807) is 18.2 Å². The first-order valence-corrected chi connectivity index (χ1v) is 8.22. The summed E-state index contributed by atoms with van der Waals surface area (Å²) in [5.74, 6) is -1.39. The van der Waals surface area contributed by atoms with Crippen molar-refractivity contribution >= 4 is 29.3 Å². The number of nitro groups is 1. The van der Waals surface area contributed by atoms with Crippen LogP contribution in [0.1, 0.15) is 12.5 Å². The predicted molar refractivity (Wildman–Crippen MR) is 95.6 cm³/mol. The number of nitro benzene ring substituents is 1. The fourth-order valence-electron chi connectivity index (χ4n) is 3.03. The Morgan fingerprint density at radius 3 is 2.63 bits per heavy atom. The van der Waals surface area contributed by atoms with Crippen LogP contribution in [0.3, 0.4) is 0 Å². The van der Waals surface area contributed by atoms with Gasteiger partial charge in [-0.05, 0) is 30.2 Å². The highest BCUT2D eigenvalue weighted by Crippen LogP contribution is 2.31. The molecule has 138 valence electrons. The Kier molecular flexibility index (Phi) is 5.00. The van der Waals surface area contributed by atoms with Crippen LogP contribution in [0.25, 0.3) is 6.08 Å². The van der Waals surface area contributed by atoms with Gasteiger partial charge in [-0.15, -0.1) is 0 Å². The first-order chi connectivity index (χ1) is 12.9. The fourth-order valence-corrected chi connectivity index (χ4v) is 3.03. The van der Waals surface area contributed by atoms with E-state index in [-0.39, 0.29) is 22.4 Å². The van der Waals surface area contributed by atoms with Crippen LogP contribution in [0.2, 0.25) is 0 Å². The second-order valence-corrected chi connectivity index (χ2v) is 6.06. The van der Waals surface area contributed by atoms with Crippen molar-refractivity contribution in [2.24, 2.45) is 0 Å². The molecule has 0 atom stereocenters. The first-order valence-electron chi connectivity index (χ1n) is 8.22. The Morgan fingerprint density at radius 2 is 2.00 bits per heavy atom. The summed E-state index contributed by atoms with van der Waals surface area (Å²) >= 11 is 0. The minimum absolute atomic E-state index is 0.0827. The van der Waals surface area contributed by atoms with Crippen molar-refractivity contribution in [1.82, 2.24) is 5.32 Å². The minimum Gasteiger partial charge on any atom is -0.378 e. The lowest BCUT2D eigenvalue weighted by Gasteiger charge is -2.28. The standard InChI is InChI=1S/C18H16N4O5/c1-11-13(17(23)20-18(24)14(11)10-19)8-12-2-3-15(16(9-12)22(25)26)21-4-6-27-7-5-21/h2-3,8-9H,4-7H2,1H3,(H,20,23,24)/b13-8+. The number of carbonyl (C=O) groups is 2. The third-order valence-corrected chi connectivity index (χ3v) is 4.45. The van der Waals surface area contributed by atoms with Crippen LogP contribution >= 0.6 is 0 Å². The van der Waals surface area contributed by atoms with E-state index in [1.807, 2.05) is 4.90 Å². The third-order valence-electron chi connectivity index (χ3n) is 4.45. The molecule has 0 bridgehead atoms. The fraction of sp³-hybridized carbons (Fsp3) is 0.278. The van der Waals surface area contributed by atoms with Gasteiger partial charge in [-0.3, -0.25) is 25.0 Å². The third kappa shape index (κ3) is 3.56. The van der Waals surface area contributed by atoms with Crippen molar-refractivity contribution in [2.75, 3.05) is 31.2 Å². The normalized spacial score (nSPS) is 19.1. The molecule has 0 radical (unpaired) electrons. The Labute approximate surface area is 154 Å². The second-order valence-electron chi connectivity index (χ2n) is 6.06. The average molecular weight is 368 g/mol. The van der Waals surface area contributed by atoms with Gasteiger partial charge < -0.3 is 9.64 Å². The van der Waals surface area contributed by atoms with Crippen LogP contribution in [-0.4, -0.2) is 43.0 Å². The number of anilines is 1. The van der Waals surface area contributed by atoms with Crippen molar-refractivity contribution < 1.29 is 19.2 Å². The molecular weight excluding hydrogens is 352 g/mol. The van der Waals surface area contributed by atoms with Crippen molar-refractivity contribution in [3.8, 4) is 6.07 Å². The summed E-state index contributed by atoms with van der Waals surface area (Å²) in [5, 5.41) is 22.7. The molecule has 0 unspecified atom stereocenters. The maximum absolute atomic E-state index is 12.1. The molecule has 27 heavy (non-hydrogen) atoms. The average Bonchev–Trinajstić information content (AvgIpc) is 2.66. The molecule has 0 saturated carbocycles. The zero-order chi connectivity index (χ0) is 19.6. The van der Waals surface area contributed by atoms with Gasteiger partial charge in [0.15, 0.2) is 0 Å². The summed E-state index contributed by atoms with van der Waals surface area (Å²) in [7, 11) is 0. The van der Waals surface area contributed by atoms with Gasteiger partial charge in [0, 0.05) is 24.7 Å². The van der Waals surface area contributed by atoms with E-state index in [0.29, 0.717) is 37.6 Å². The van der Waals surface area contributed by atoms with Crippen molar-refractivity contribution in [2.45, 2.75) is 6.92 Å². The lowest BCUT2D eigenvalue weighted by atomic mass is 9.95. The topological polar surface area (TPSA) is 126 Å². The van der Waals surface area contributed by atoms with Gasteiger partial charge in [-0.1, -0.05) is 6.07 Å². The molecule has 1 aromatic carbocycles. The van der Waals surface area contributed by atoms with Gasteiger partial charge in [0.2, 0.25) is 0 Å². The molecule has 2 heterocycles. The number of nitrogens with zero attached hydrogens (tertiary/aromatic N) is 3. The molecule has 0 aliphatic carbocycles. The Bertz CT molecular complexity index is 936. The number of ether oxygens (including phenoxy) is 1. The molecule has 0 aromatic heterocycles. The monoisotopic (exact) mass is 368 g/mol. The van der Waals surface area contributed by atoms with Crippen LogP contribution in [0, 0.1) is 21.4 Å². The summed E-state index contributed by atoms with van der Waals surface area (Å²) in [4.78, 5) is 36.7. The number of rotatable bonds is 3. The summed E-state index contributed by atoms with van der Waals surface area (Å²) < 4.78 is 5.27. The molecule has 1 aromatic rings. The number of nitriles is 1. The number of carbonyl (C=O) groups excluding carboxylic acids is 2. The van der Waals surface area contributed by atoms with Crippen LogP contribution in [-0.2, 0) is 14.3 Å². The van der Waals surface area contributed by atoms with Crippen LogP contribution in [0.15, 0.2) is 34.9 Å². The molecule has 3 rings (SSSR count). The predicted octanol–water partition coefficient (Wildman–Crippen LogP) is 1.31. The Morgan fingerprint density at radius 1 is 1.30 bits per heavy atom. The lowest BCUT2D eigenvalue weighted by Crippen LogP contribution is -2.37. The Balaban J connectivity index is 2.04. The van der Waals surface area contributed by atoms with Gasteiger partial charge >= 0.3 is 0 Å². The first kappa shape index (κ1) is 18.3. The van der Waals surface area contributed by atoms with Crippen molar-refractivity contribution in [3.05, 3.63) is 50.6 Å². The molecule has 9 nitrogen and oxygen atoms in total. The SMILES string of the molecule is CC1=C(C#N)C(=O)NC(=O)/C1=C/c1ccc(N2CCOCC2)c([N+](=O)[O-])c1. The van der Waals surface area contributed by atoms with E-state index in [2.05, 4.69) is 5.32 Å². The number of amides is 2.